The molecule has 0 amide bonds. The molecule has 0 aromatic carbocycles. The second-order valence-electron chi connectivity index (χ2n) is 3.73. The molecule has 1 aliphatic carbocycles. The molecule has 1 unspecified atom stereocenters. The van der Waals surface area contributed by atoms with Crippen molar-refractivity contribution in [1.82, 2.24) is 9.36 Å². The number of carbonyl (C=O) groups is 1. The minimum Gasteiger partial charge on any atom is -0.468 e. The van der Waals surface area contributed by atoms with Crippen LogP contribution in [0.4, 0.5) is 0 Å². The van der Waals surface area contributed by atoms with E-state index in [1.54, 1.807) is 0 Å². The fourth-order valence-electron chi connectivity index (χ4n) is 1.39. The van der Waals surface area contributed by atoms with Crippen molar-refractivity contribution in [3.63, 3.8) is 0 Å². The van der Waals surface area contributed by atoms with Crippen molar-refractivity contribution in [3.05, 3.63) is 5.82 Å². The Balaban J connectivity index is 2.02. The molecular formula is C10H14N2O2S2. The summed E-state index contributed by atoms with van der Waals surface area (Å²) in [4.78, 5) is 15.9. The number of esters is 1. The largest absolute Gasteiger partial charge is 0.468 e. The maximum Gasteiger partial charge on any atom is 0.319 e. The summed E-state index contributed by atoms with van der Waals surface area (Å²) >= 11 is 2.87. The Morgan fingerprint density at radius 2 is 2.44 bits per heavy atom. The summed E-state index contributed by atoms with van der Waals surface area (Å²) in [6.45, 7) is 2.02. The molecule has 1 aromatic rings. The molecular weight excluding hydrogens is 244 g/mol. The van der Waals surface area contributed by atoms with E-state index in [0.717, 1.165) is 29.4 Å². The molecule has 1 atom stereocenters. The van der Waals surface area contributed by atoms with Crippen molar-refractivity contribution >= 4 is 29.3 Å². The van der Waals surface area contributed by atoms with E-state index < -0.39 is 0 Å². The quantitative estimate of drug-likeness (QED) is 0.598. The first kappa shape index (κ1) is 11.9. The summed E-state index contributed by atoms with van der Waals surface area (Å²) < 4.78 is 9.90. The van der Waals surface area contributed by atoms with E-state index in [1.165, 1.54) is 30.4 Å². The Kier molecular flexibility index (Phi) is 3.81. The molecule has 0 saturated heterocycles. The highest BCUT2D eigenvalue weighted by atomic mass is 32.2. The molecule has 4 nitrogen and oxygen atoms in total. The van der Waals surface area contributed by atoms with Gasteiger partial charge in [-0.2, -0.15) is 4.37 Å². The zero-order valence-corrected chi connectivity index (χ0v) is 10.9. The number of thioether (sulfide) groups is 1. The predicted octanol–water partition coefficient (Wildman–Crippen LogP) is 2.14. The van der Waals surface area contributed by atoms with Crippen LogP contribution in [0.25, 0.3) is 0 Å². The van der Waals surface area contributed by atoms with Crippen LogP contribution in [-0.2, 0) is 16.0 Å². The molecule has 1 fully saturated rings. The van der Waals surface area contributed by atoms with Crippen LogP contribution in [0.5, 0.6) is 0 Å². The van der Waals surface area contributed by atoms with Gasteiger partial charge in [-0.15, -0.1) is 0 Å². The summed E-state index contributed by atoms with van der Waals surface area (Å²) in [5, 5.41) is -0.0948. The van der Waals surface area contributed by atoms with Crippen molar-refractivity contribution in [2.75, 3.05) is 7.11 Å². The number of aromatic nitrogens is 2. The summed E-state index contributed by atoms with van der Waals surface area (Å²) in [5.41, 5.74) is 0. The lowest BCUT2D eigenvalue weighted by Crippen LogP contribution is -2.20. The van der Waals surface area contributed by atoms with Gasteiger partial charge in [0.15, 0.2) is 4.34 Å². The lowest BCUT2D eigenvalue weighted by Gasteiger charge is -2.10. The van der Waals surface area contributed by atoms with E-state index in [2.05, 4.69) is 9.36 Å². The normalized spacial score (nSPS) is 17.1. The van der Waals surface area contributed by atoms with Crippen molar-refractivity contribution < 1.29 is 9.53 Å². The van der Waals surface area contributed by atoms with Gasteiger partial charge in [-0.25, -0.2) is 4.98 Å². The van der Waals surface area contributed by atoms with Crippen molar-refractivity contribution in [1.29, 1.82) is 0 Å². The number of nitrogens with zero attached hydrogens (tertiary/aromatic N) is 2. The topological polar surface area (TPSA) is 52.1 Å². The van der Waals surface area contributed by atoms with Gasteiger partial charge < -0.3 is 4.74 Å². The molecule has 0 N–H and O–H groups in total. The average molecular weight is 258 g/mol. The number of aryl methyl sites for hydroxylation is 1. The Hall–Kier alpha value is -0.620. The standard InChI is InChI=1S/C10H14N2O2S2/c1-3-7-11-10(16-12-7)15-8(6-4-5-6)9(13)14-2/h6,8H,3-5H2,1-2H3. The van der Waals surface area contributed by atoms with E-state index >= 15 is 0 Å². The SMILES string of the molecule is CCc1nsc(SC(C(=O)OC)C2CC2)n1. The van der Waals surface area contributed by atoms with Crippen LogP contribution in [0.1, 0.15) is 25.6 Å². The predicted molar refractivity (Wildman–Crippen MR) is 63.7 cm³/mol. The van der Waals surface area contributed by atoms with Crippen molar-refractivity contribution in [2.45, 2.75) is 35.8 Å². The van der Waals surface area contributed by atoms with E-state index in [1.807, 2.05) is 6.92 Å². The highest BCUT2D eigenvalue weighted by molar-refractivity contribution is 8.02. The molecule has 0 aliphatic heterocycles. The molecule has 1 aliphatic rings. The lowest BCUT2D eigenvalue weighted by atomic mass is 10.3. The first-order valence-electron chi connectivity index (χ1n) is 5.31. The highest BCUT2D eigenvalue weighted by Gasteiger charge is 2.38. The Labute approximate surface area is 103 Å². The average Bonchev–Trinajstić information content (AvgIpc) is 3.04. The number of hydrogen-bond acceptors (Lipinski definition) is 6. The van der Waals surface area contributed by atoms with Gasteiger partial charge in [0.1, 0.15) is 11.1 Å². The molecule has 6 heteroatoms. The fraction of sp³-hybridized carbons (Fsp3) is 0.700. The Morgan fingerprint density at radius 3 is 2.94 bits per heavy atom. The molecule has 88 valence electrons. The van der Waals surface area contributed by atoms with E-state index in [4.69, 9.17) is 4.74 Å². The van der Waals surface area contributed by atoms with Crippen molar-refractivity contribution in [2.24, 2.45) is 5.92 Å². The number of hydrogen-bond donors (Lipinski definition) is 0. The third-order valence-corrected chi connectivity index (χ3v) is 4.66. The van der Waals surface area contributed by atoms with Gasteiger partial charge in [0, 0.05) is 6.42 Å². The maximum absolute atomic E-state index is 11.6. The van der Waals surface area contributed by atoms with Gasteiger partial charge >= 0.3 is 5.97 Å². The monoisotopic (exact) mass is 258 g/mol. The number of ether oxygens (including phenoxy) is 1. The van der Waals surface area contributed by atoms with Gasteiger partial charge in [-0.3, -0.25) is 4.79 Å². The van der Waals surface area contributed by atoms with E-state index in [-0.39, 0.29) is 11.2 Å². The third-order valence-electron chi connectivity index (χ3n) is 2.48. The highest BCUT2D eigenvalue weighted by Crippen LogP contribution is 2.42. The minimum atomic E-state index is -0.138. The zero-order chi connectivity index (χ0) is 11.5. The van der Waals surface area contributed by atoms with Gasteiger partial charge in [-0.05, 0) is 30.3 Å². The minimum absolute atomic E-state index is 0.0948. The number of rotatable bonds is 5. The summed E-state index contributed by atoms with van der Waals surface area (Å²) in [7, 11) is 1.44. The van der Waals surface area contributed by atoms with Crippen LogP contribution in [0.3, 0.4) is 0 Å². The summed E-state index contributed by atoms with van der Waals surface area (Å²) in [6.07, 6.45) is 3.07. The van der Waals surface area contributed by atoms with Crippen LogP contribution < -0.4 is 0 Å². The summed E-state index contributed by atoms with van der Waals surface area (Å²) in [5.74, 6) is 1.18. The second-order valence-corrected chi connectivity index (χ2v) is 5.87. The Bertz CT molecular complexity index is 377. The molecule has 0 radical (unpaired) electrons. The fourth-order valence-corrected chi connectivity index (χ4v) is 3.52. The molecule has 2 rings (SSSR count). The maximum atomic E-state index is 11.6. The Morgan fingerprint density at radius 1 is 1.69 bits per heavy atom. The molecule has 1 aromatic heterocycles. The first-order chi connectivity index (χ1) is 7.74. The summed E-state index contributed by atoms with van der Waals surface area (Å²) in [6, 6.07) is 0. The lowest BCUT2D eigenvalue weighted by molar-refractivity contribution is -0.140. The van der Waals surface area contributed by atoms with Gasteiger partial charge in [-0.1, -0.05) is 18.7 Å². The van der Waals surface area contributed by atoms with Gasteiger partial charge in [0.05, 0.1) is 7.11 Å². The third kappa shape index (κ3) is 2.74. The molecule has 1 heterocycles. The smallest absolute Gasteiger partial charge is 0.319 e. The van der Waals surface area contributed by atoms with E-state index in [9.17, 15) is 4.79 Å². The van der Waals surface area contributed by atoms with Crippen LogP contribution in [0, 0.1) is 5.92 Å². The van der Waals surface area contributed by atoms with Crippen LogP contribution in [0.2, 0.25) is 0 Å². The first-order valence-corrected chi connectivity index (χ1v) is 6.97. The van der Waals surface area contributed by atoms with Crippen molar-refractivity contribution in [3.8, 4) is 0 Å². The number of carbonyl (C=O) groups excluding carboxylic acids is 1. The van der Waals surface area contributed by atoms with Crippen LogP contribution >= 0.6 is 23.3 Å². The zero-order valence-electron chi connectivity index (χ0n) is 9.30. The number of methoxy groups -OCH3 is 1. The molecule has 16 heavy (non-hydrogen) atoms. The van der Waals surface area contributed by atoms with Crippen LogP contribution in [0.15, 0.2) is 4.34 Å². The molecule has 0 spiro atoms. The van der Waals surface area contributed by atoms with Gasteiger partial charge in [0.2, 0.25) is 0 Å². The molecule has 0 bridgehead atoms. The van der Waals surface area contributed by atoms with Crippen LogP contribution in [-0.4, -0.2) is 27.7 Å². The van der Waals surface area contributed by atoms with Gasteiger partial charge in [0.25, 0.3) is 0 Å². The van der Waals surface area contributed by atoms with E-state index in [0.29, 0.717) is 5.92 Å². The molecule has 1 saturated carbocycles. The second kappa shape index (κ2) is 5.14.